The van der Waals surface area contributed by atoms with Gasteiger partial charge in [0.2, 0.25) is 0 Å². The van der Waals surface area contributed by atoms with E-state index in [0.717, 1.165) is 24.3 Å². The van der Waals surface area contributed by atoms with E-state index in [-0.39, 0.29) is 0 Å². The first-order chi connectivity index (χ1) is 10.8. The first-order valence-corrected chi connectivity index (χ1v) is 10.4. The Bertz CT molecular complexity index is 620. The van der Waals surface area contributed by atoms with Crippen molar-refractivity contribution in [2.45, 2.75) is 50.6 Å². The number of nitrogens with one attached hydrogen (secondary N) is 1. The van der Waals surface area contributed by atoms with Crippen LogP contribution < -0.4 is 5.32 Å². The van der Waals surface area contributed by atoms with Crippen molar-refractivity contribution in [3.63, 3.8) is 0 Å². The first-order valence-electron chi connectivity index (χ1n) is 8.64. The monoisotopic (exact) mass is 329 g/mol. The minimum absolute atomic E-state index is 0.488. The van der Waals surface area contributed by atoms with Gasteiger partial charge in [-0.1, -0.05) is 6.07 Å². The zero-order valence-corrected chi connectivity index (χ0v) is 14.5. The third-order valence-corrected chi connectivity index (χ3v) is 7.99. The van der Waals surface area contributed by atoms with E-state index < -0.39 is 0 Å². The summed E-state index contributed by atoms with van der Waals surface area (Å²) in [6, 6.07) is 6.76. The molecule has 0 atom stereocenters. The van der Waals surface area contributed by atoms with Gasteiger partial charge >= 0.3 is 0 Å². The fraction of sp³-hybridized carbons (Fsp3) is 0.579. The van der Waals surface area contributed by atoms with Gasteiger partial charge in [0.25, 0.3) is 0 Å². The predicted molar refractivity (Wildman–Crippen MR) is 95.4 cm³/mol. The Morgan fingerprint density at radius 1 is 1.05 bits per heavy atom. The van der Waals surface area contributed by atoms with E-state index in [1.807, 2.05) is 22.7 Å². The van der Waals surface area contributed by atoms with Gasteiger partial charge in [0, 0.05) is 27.4 Å². The van der Waals surface area contributed by atoms with Crippen LogP contribution in [0.25, 0.3) is 10.4 Å². The normalized spacial score (nSPS) is 36.1. The van der Waals surface area contributed by atoms with Crippen molar-refractivity contribution in [2.75, 3.05) is 0 Å². The molecule has 4 bridgehead atoms. The lowest BCUT2D eigenvalue weighted by Gasteiger charge is -2.57. The summed E-state index contributed by atoms with van der Waals surface area (Å²) < 4.78 is 0. The molecule has 1 nitrogen and oxygen atoms in total. The average molecular weight is 330 g/mol. The van der Waals surface area contributed by atoms with Gasteiger partial charge in [0.15, 0.2) is 0 Å². The quantitative estimate of drug-likeness (QED) is 0.777. The summed E-state index contributed by atoms with van der Waals surface area (Å²) in [6.07, 6.45) is 8.93. The maximum atomic E-state index is 4.02. The van der Waals surface area contributed by atoms with Crippen molar-refractivity contribution in [3.8, 4) is 10.4 Å². The molecule has 4 aliphatic rings. The van der Waals surface area contributed by atoms with Crippen LogP contribution in [0.2, 0.25) is 0 Å². The Morgan fingerprint density at radius 3 is 2.41 bits per heavy atom. The van der Waals surface area contributed by atoms with Gasteiger partial charge in [0.1, 0.15) is 0 Å². The zero-order chi connectivity index (χ0) is 14.6. The molecule has 0 radical (unpaired) electrons. The minimum Gasteiger partial charge on any atom is -0.306 e. The summed E-state index contributed by atoms with van der Waals surface area (Å²) in [5, 5.41) is 8.50. The minimum atomic E-state index is 0.488. The van der Waals surface area contributed by atoms with Gasteiger partial charge in [-0.05, 0) is 79.2 Å². The molecule has 0 aromatic carbocycles. The van der Waals surface area contributed by atoms with Gasteiger partial charge in [-0.3, -0.25) is 0 Å². The molecule has 1 N–H and O–H groups in total. The number of thiophene rings is 2. The fourth-order valence-electron chi connectivity index (χ4n) is 5.65. The molecule has 3 heteroatoms. The molecule has 4 saturated carbocycles. The lowest BCUT2D eigenvalue weighted by atomic mass is 9.53. The van der Waals surface area contributed by atoms with E-state index in [1.54, 1.807) is 0 Å². The van der Waals surface area contributed by atoms with Crippen LogP contribution >= 0.6 is 22.7 Å². The molecule has 4 aliphatic carbocycles. The number of rotatable bonds is 4. The van der Waals surface area contributed by atoms with E-state index in [4.69, 9.17) is 0 Å². The van der Waals surface area contributed by atoms with Crippen LogP contribution in [0, 0.1) is 17.8 Å². The Kier molecular flexibility index (Phi) is 3.25. The lowest BCUT2D eigenvalue weighted by molar-refractivity contribution is -0.0204. The third kappa shape index (κ3) is 2.38. The van der Waals surface area contributed by atoms with E-state index in [0.29, 0.717) is 5.54 Å². The van der Waals surface area contributed by atoms with Crippen LogP contribution in [0.15, 0.2) is 29.0 Å². The topological polar surface area (TPSA) is 12.0 Å². The maximum Gasteiger partial charge on any atom is 0.0351 e. The van der Waals surface area contributed by atoms with E-state index >= 15 is 0 Å². The molecule has 0 unspecified atom stereocenters. The molecule has 4 fully saturated rings. The van der Waals surface area contributed by atoms with Gasteiger partial charge in [-0.2, -0.15) is 0 Å². The highest BCUT2D eigenvalue weighted by Crippen LogP contribution is 2.55. The molecular weight excluding hydrogens is 306 g/mol. The van der Waals surface area contributed by atoms with Gasteiger partial charge in [-0.15, -0.1) is 22.7 Å². The van der Waals surface area contributed by atoms with Crippen LogP contribution in [0.3, 0.4) is 0 Å². The molecule has 116 valence electrons. The smallest absolute Gasteiger partial charge is 0.0351 e. The second-order valence-corrected chi connectivity index (χ2v) is 9.77. The maximum absolute atomic E-state index is 4.02. The molecule has 2 aromatic heterocycles. The largest absolute Gasteiger partial charge is 0.306 e. The van der Waals surface area contributed by atoms with Crippen molar-refractivity contribution in [3.05, 3.63) is 33.8 Å². The molecule has 22 heavy (non-hydrogen) atoms. The highest BCUT2D eigenvalue weighted by Gasteiger charge is 2.50. The second kappa shape index (κ2) is 5.19. The summed E-state index contributed by atoms with van der Waals surface area (Å²) in [5.74, 6) is 3.09. The second-order valence-electron chi connectivity index (χ2n) is 7.83. The molecule has 6 rings (SSSR count). The lowest BCUT2D eigenvalue weighted by Crippen LogP contribution is -2.58. The van der Waals surface area contributed by atoms with Crippen LogP contribution in [-0.4, -0.2) is 5.54 Å². The zero-order valence-electron chi connectivity index (χ0n) is 12.9. The van der Waals surface area contributed by atoms with Crippen molar-refractivity contribution in [1.29, 1.82) is 0 Å². The van der Waals surface area contributed by atoms with Crippen LogP contribution in [0.5, 0.6) is 0 Å². The molecule has 0 aliphatic heterocycles. The van der Waals surface area contributed by atoms with E-state index in [2.05, 4.69) is 34.3 Å². The van der Waals surface area contributed by atoms with Crippen LogP contribution in [-0.2, 0) is 6.54 Å². The Morgan fingerprint density at radius 2 is 1.77 bits per heavy atom. The molecule has 2 heterocycles. The Balaban J connectivity index is 1.29. The Labute approximate surface area is 140 Å². The molecule has 0 spiro atoms. The third-order valence-electron chi connectivity index (χ3n) is 6.14. The number of hydrogen-bond acceptors (Lipinski definition) is 3. The number of hydrogen-bond donors (Lipinski definition) is 1. The van der Waals surface area contributed by atoms with Gasteiger partial charge in [-0.25, -0.2) is 0 Å². The fourth-order valence-corrected chi connectivity index (χ4v) is 7.26. The summed E-state index contributed by atoms with van der Waals surface area (Å²) >= 11 is 3.76. The molecule has 0 amide bonds. The summed E-state index contributed by atoms with van der Waals surface area (Å²) in [7, 11) is 0. The summed E-state index contributed by atoms with van der Waals surface area (Å²) in [5.41, 5.74) is 1.89. The molecule has 2 aromatic rings. The van der Waals surface area contributed by atoms with Crippen molar-refractivity contribution in [1.82, 2.24) is 5.32 Å². The van der Waals surface area contributed by atoms with Gasteiger partial charge < -0.3 is 5.32 Å². The van der Waals surface area contributed by atoms with Crippen molar-refractivity contribution >= 4 is 22.7 Å². The van der Waals surface area contributed by atoms with Crippen LogP contribution in [0.4, 0.5) is 0 Å². The molecular formula is C19H23NS2. The van der Waals surface area contributed by atoms with Gasteiger partial charge in [0.05, 0.1) is 0 Å². The highest BCUT2D eigenvalue weighted by atomic mass is 32.1. The van der Waals surface area contributed by atoms with E-state index in [9.17, 15) is 0 Å². The first kappa shape index (κ1) is 13.8. The van der Waals surface area contributed by atoms with Crippen molar-refractivity contribution in [2.24, 2.45) is 17.8 Å². The SMILES string of the molecule is c1csc(-c2csc(CNC34CC5CC(CC(C5)C3)C4)c2)c1. The highest BCUT2D eigenvalue weighted by molar-refractivity contribution is 7.14. The van der Waals surface area contributed by atoms with Crippen molar-refractivity contribution < 1.29 is 0 Å². The average Bonchev–Trinajstić information content (AvgIpc) is 3.15. The van der Waals surface area contributed by atoms with Crippen LogP contribution in [0.1, 0.15) is 43.4 Å². The summed E-state index contributed by atoms with van der Waals surface area (Å²) in [4.78, 5) is 2.90. The standard InChI is InChI=1S/C19H23NS2/c1-2-18(21-3-1)16-7-17(22-12-16)11-20-19-8-13-4-14(9-19)6-15(5-13)10-19/h1-3,7,12-15,20H,4-6,8-11H2. The predicted octanol–water partition coefficient (Wildman–Crippen LogP) is 5.54. The van der Waals surface area contributed by atoms with E-state index in [1.165, 1.54) is 53.8 Å². The Hall–Kier alpha value is -0.640. The summed E-state index contributed by atoms with van der Waals surface area (Å²) in [6.45, 7) is 1.07. The molecule has 0 saturated heterocycles.